The van der Waals surface area contributed by atoms with Crippen LogP contribution in [-0.2, 0) is 17.2 Å². The molecular weight excluding hydrogens is 460 g/mol. The molecular formula is C23H29ClN6O2S. The number of hydrogen-bond acceptors (Lipinski definition) is 8. The van der Waals surface area contributed by atoms with Gasteiger partial charge < -0.3 is 15.3 Å². The summed E-state index contributed by atoms with van der Waals surface area (Å²) in [5.41, 5.74) is 0.561. The fraction of sp³-hybridized carbons (Fsp3) is 0.652. The van der Waals surface area contributed by atoms with Crippen molar-refractivity contribution in [2.24, 2.45) is 0 Å². The summed E-state index contributed by atoms with van der Waals surface area (Å²) in [7, 11) is -1.12. The maximum absolute atomic E-state index is 13.1. The normalized spacial score (nSPS) is 29.9. The van der Waals surface area contributed by atoms with Gasteiger partial charge >= 0.3 is 0 Å². The molecule has 0 spiro atoms. The Morgan fingerprint density at radius 1 is 1.12 bits per heavy atom. The largest absolute Gasteiger partial charge is 0.394 e. The second kappa shape index (κ2) is 8.43. The van der Waals surface area contributed by atoms with Crippen molar-refractivity contribution in [3.63, 3.8) is 0 Å². The number of aliphatic hydroxyl groups excluding tert-OH is 1. The lowest BCUT2D eigenvalue weighted by atomic mass is 9.73. The van der Waals surface area contributed by atoms with E-state index in [1.807, 2.05) is 0 Å². The van der Waals surface area contributed by atoms with Gasteiger partial charge in [-0.05, 0) is 57.8 Å². The van der Waals surface area contributed by atoms with E-state index in [0.29, 0.717) is 34.6 Å². The standard InChI is InChI=1S/C23H29ClN6O2S/c24-15-11-25-20(26-12-15)14-8-16-10-17(9-14)30(16)22-27-18-4-1-2-7-33(32)19(18)21(28-22)29-23(13-31)5-3-6-23/h11-12,14,16-17,31H,1-10,13H2,(H,27,28,29)/t14?,16?,17?,33-/m1/s1. The summed E-state index contributed by atoms with van der Waals surface area (Å²) >= 11 is 5.96. The second-order valence-electron chi connectivity index (χ2n) is 9.95. The minimum Gasteiger partial charge on any atom is -0.394 e. The van der Waals surface area contributed by atoms with Crippen molar-refractivity contribution >= 4 is 34.2 Å². The maximum atomic E-state index is 13.1. The zero-order chi connectivity index (χ0) is 22.6. The molecule has 3 aliphatic heterocycles. The van der Waals surface area contributed by atoms with E-state index in [1.54, 1.807) is 12.4 Å². The highest BCUT2D eigenvalue weighted by atomic mass is 35.5. The Balaban J connectivity index is 1.31. The van der Waals surface area contributed by atoms with Gasteiger partial charge in [0, 0.05) is 36.1 Å². The van der Waals surface area contributed by atoms with Gasteiger partial charge in [-0.15, -0.1) is 0 Å². The summed E-state index contributed by atoms with van der Waals surface area (Å²) in [4.78, 5) is 21.9. The minimum absolute atomic E-state index is 0.0610. The van der Waals surface area contributed by atoms with Crippen molar-refractivity contribution in [1.82, 2.24) is 19.9 Å². The first kappa shape index (κ1) is 21.7. The molecule has 2 saturated heterocycles. The lowest BCUT2D eigenvalue weighted by Crippen LogP contribution is -2.61. The molecule has 4 fully saturated rings. The van der Waals surface area contributed by atoms with Gasteiger partial charge in [0.1, 0.15) is 16.5 Å². The second-order valence-corrected chi connectivity index (χ2v) is 11.9. The Bertz CT molecular complexity index is 1060. The molecule has 2 aromatic heterocycles. The van der Waals surface area contributed by atoms with Gasteiger partial charge in [0.2, 0.25) is 5.95 Å². The van der Waals surface area contributed by atoms with E-state index in [1.165, 1.54) is 0 Å². The number of hydrogen-bond donors (Lipinski definition) is 2. The van der Waals surface area contributed by atoms with E-state index in [-0.39, 0.29) is 12.1 Å². The Morgan fingerprint density at radius 3 is 2.55 bits per heavy atom. The van der Waals surface area contributed by atoms with Crippen molar-refractivity contribution < 1.29 is 9.32 Å². The Hall–Kier alpha value is -1.84. The summed E-state index contributed by atoms with van der Waals surface area (Å²) in [5, 5.41) is 14.1. The number of anilines is 2. The van der Waals surface area contributed by atoms with Crippen LogP contribution in [-0.4, -0.2) is 59.2 Å². The maximum Gasteiger partial charge on any atom is 0.228 e. The van der Waals surface area contributed by atoms with Gasteiger partial charge in [0.15, 0.2) is 0 Å². The smallest absolute Gasteiger partial charge is 0.228 e. The summed E-state index contributed by atoms with van der Waals surface area (Å²) in [6, 6.07) is 0.705. The van der Waals surface area contributed by atoms with Crippen molar-refractivity contribution in [2.75, 3.05) is 22.6 Å². The van der Waals surface area contributed by atoms with Gasteiger partial charge in [0.05, 0.1) is 33.7 Å². The molecule has 0 radical (unpaired) electrons. The molecule has 2 N–H and O–H groups in total. The predicted octanol–water partition coefficient (Wildman–Crippen LogP) is 3.22. The molecule has 176 valence electrons. The highest BCUT2D eigenvalue weighted by molar-refractivity contribution is 7.85. The highest BCUT2D eigenvalue weighted by Crippen LogP contribution is 2.47. The van der Waals surface area contributed by atoms with Crippen LogP contribution in [0.4, 0.5) is 11.8 Å². The SMILES string of the molecule is O=[S@@]1CCCCc2nc(N3C4CC(c5ncc(Cl)cn5)CC3C4)nc(NC3(CO)CCC3)c21. The van der Waals surface area contributed by atoms with E-state index >= 15 is 0 Å². The van der Waals surface area contributed by atoms with Crippen LogP contribution in [0.25, 0.3) is 0 Å². The Kier molecular flexibility index (Phi) is 5.54. The fourth-order valence-electron chi connectivity index (χ4n) is 5.84. The minimum atomic E-state index is -1.12. The zero-order valence-corrected chi connectivity index (χ0v) is 20.1. The third kappa shape index (κ3) is 3.82. The van der Waals surface area contributed by atoms with Crippen LogP contribution >= 0.6 is 11.6 Å². The first-order valence-electron chi connectivity index (χ1n) is 12.0. The lowest BCUT2D eigenvalue weighted by molar-refractivity contribution is 0.143. The topological polar surface area (TPSA) is 104 Å². The Morgan fingerprint density at radius 2 is 1.88 bits per heavy atom. The number of nitrogens with one attached hydrogen (secondary N) is 1. The van der Waals surface area contributed by atoms with E-state index < -0.39 is 10.8 Å². The molecule has 2 aromatic rings. The third-order valence-corrected chi connectivity index (χ3v) is 9.56. The number of aromatic nitrogens is 4. The van der Waals surface area contributed by atoms with Crippen molar-refractivity contribution in [3.05, 3.63) is 28.9 Å². The molecule has 2 unspecified atom stereocenters. The number of halogens is 1. The van der Waals surface area contributed by atoms with Crippen LogP contribution in [0.5, 0.6) is 0 Å². The van der Waals surface area contributed by atoms with Crippen molar-refractivity contribution in [2.45, 2.75) is 86.2 Å². The number of piperidine rings is 1. The average Bonchev–Trinajstić information content (AvgIpc) is 2.98. The predicted molar refractivity (Wildman–Crippen MR) is 127 cm³/mol. The average molecular weight is 489 g/mol. The number of nitrogens with zero attached hydrogens (tertiary/aromatic N) is 5. The first-order chi connectivity index (χ1) is 16.0. The number of rotatable bonds is 5. The summed E-state index contributed by atoms with van der Waals surface area (Å²) in [6.45, 7) is 0.0610. The Labute approximate surface area is 201 Å². The van der Waals surface area contributed by atoms with E-state index in [4.69, 9.17) is 21.6 Å². The molecule has 7 rings (SSSR count). The molecule has 0 amide bonds. The van der Waals surface area contributed by atoms with Gasteiger partial charge in [-0.25, -0.2) is 15.0 Å². The summed E-state index contributed by atoms with van der Waals surface area (Å²) in [6.07, 6.45) is 12.0. The van der Waals surface area contributed by atoms with Crippen LogP contribution in [0.1, 0.15) is 68.8 Å². The summed E-state index contributed by atoms with van der Waals surface area (Å²) < 4.78 is 13.1. The highest BCUT2D eigenvalue weighted by Gasteiger charge is 2.48. The van der Waals surface area contributed by atoms with Gasteiger partial charge in [0.25, 0.3) is 0 Å². The van der Waals surface area contributed by atoms with Gasteiger partial charge in [-0.2, -0.15) is 4.98 Å². The molecule has 5 aliphatic rings. The van der Waals surface area contributed by atoms with E-state index in [9.17, 15) is 9.32 Å². The molecule has 0 aromatic carbocycles. The molecule has 8 nitrogen and oxygen atoms in total. The monoisotopic (exact) mass is 488 g/mol. The molecule has 3 atom stereocenters. The number of fused-ring (bicyclic) bond motifs is 3. The zero-order valence-electron chi connectivity index (χ0n) is 18.5. The van der Waals surface area contributed by atoms with Crippen LogP contribution in [0.3, 0.4) is 0 Å². The van der Waals surface area contributed by atoms with Crippen LogP contribution in [0.2, 0.25) is 5.02 Å². The van der Waals surface area contributed by atoms with Crippen LogP contribution in [0.15, 0.2) is 17.3 Å². The molecule has 2 bridgehead atoms. The molecule has 10 heteroatoms. The molecule has 33 heavy (non-hydrogen) atoms. The quantitative estimate of drug-likeness (QED) is 0.661. The van der Waals surface area contributed by atoms with Crippen LogP contribution < -0.4 is 10.2 Å². The first-order valence-corrected chi connectivity index (χ1v) is 13.7. The fourth-order valence-corrected chi connectivity index (χ4v) is 7.33. The number of aryl methyl sites for hydroxylation is 1. The van der Waals surface area contributed by atoms with Gasteiger partial charge in [-0.3, -0.25) is 4.21 Å². The number of aliphatic hydroxyl groups is 1. The molecule has 2 aliphatic carbocycles. The van der Waals surface area contributed by atoms with Gasteiger partial charge in [-0.1, -0.05) is 11.6 Å². The van der Waals surface area contributed by atoms with E-state index in [0.717, 1.165) is 80.1 Å². The van der Waals surface area contributed by atoms with E-state index in [2.05, 4.69) is 20.2 Å². The van der Waals surface area contributed by atoms with Crippen molar-refractivity contribution in [1.29, 1.82) is 0 Å². The van der Waals surface area contributed by atoms with Crippen molar-refractivity contribution in [3.8, 4) is 0 Å². The molecule has 2 saturated carbocycles. The third-order valence-electron chi connectivity index (χ3n) is 7.82. The molecule has 5 heterocycles. The summed E-state index contributed by atoms with van der Waals surface area (Å²) in [5.74, 6) is 3.24. The van der Waals surface area contributed by atoms with Crippen LogP contribution in [0, 0.1) is 0 Å². The lowest BCUT2D eigenvalue weighted by Gasteiger charge is -2.55.